The highest BCUT2D eigenvalue weighted by molar-refractivity contribution is 8.00. The SMILES string of the molecule is Cc1ccc(S[C@@H](C)C(=O)NCc2ccc(N3CCOCC3)cc2)cc1. The van der Waals surface area contributed by atoms with E-state index in [-0.39, 0.29) is 11.2 Å². The summed E-state index contributed by atoms with van der Waals surface area (Å²) in [6.07, 6.45) is 0. The highest BCUT2D eigenvalue weighted by Gasteiger charge is 2.14. The molecule has 0 unspecified atom stereocenters. The summed E-state index contributed by atoms with van der Waals surface area (Å²) >= 11 is 1.59. The highest BCUT2D eigenvalue weighted by atomic mass is 32.2. The van der Waals surface area contributed by atoms with Gasteiger partial charge in [-0.2, -0.15) is 0 Å². The van der Waals surface area contributed by atoms with Gasteiger partial charge in [-0.15, -0.1) is 11.8 Å². The molecule has 1 aliphatic heterocycles. The standard InChI is InChI=1S/C21H26N2O2S/c1-16-3-9-20(10-4-16)26-17(2)21(24)22-15-18-5-7-19(8-6-18)23-11-13-25-14-12-23/h3-10,17H,11-15H2,1-2H3,(H,22,24)/t17-/m0/s1. The van der Waals surface area contributed by atoms with E-state index in [4.69, 9.17) is 4.74 Å². The molecule has 1 aliphatic rings. The second-order valence-corrected chi connectivity index (χ2v) is 7.97. The first-order chi connectivity index (χ1) is 12.6. The number of nitrogens with one attached hydrogen (secondary N) is 1. The van der Waals surface area contributed by atoms with Crippen LogP contribution in [0.2, 0.25) is 0 Å². The summed E-state index contributed by atoms with van der Waals surface area (Å²) in [7, 11) is 0. The van der Waals surface area contributed by atoms with E-state index in [1.54, 1.807) is 11.8 Å². The first-order valence-electron chi connectivity index (χ1n) is 9.04. The van der Waals surface area contributed by atoms with Crippen LogP contribution in [0.3, 0.4) is 0 Å². The Labute approximate surface area is 159 Å². The van der Waals surface area contributed by atoms with E-state index >= 15 is 0 Å². The van der Waals surface area contributed by atoms with Crippen LogP contribution < -0.4 is 10.2 Å². The number of amides is 1. The van der Waals surface area contributed by atoms with Crippen LogP contribution >= 0.6 is 11.8 Å². The topological polar surface area (TPSA) is 41.6 Å². The van der Waals surface area contributed by atoms with Gasteiger partial charge in [0.25, 0.3) is 0 Å². The van der Waals surface area contributed by atoms with Crippen LogP contribution in [0.15, 0.2) is 53.4 Å². The van der Waals surface area contributed by atoms with Gasteiger partial charge in [-0.1, -0.05) is 29.8 Å². The van der Waals surface area contributed by atoms with Crippen LogP contribution in [0, 0.1) is 6.92 Å². The smallest absolute Gasteiger partial charge is 0.233 e. The molecule has 0 saturated carbocycles. The lowest BCUT2D eigenvalue weighted by atomic mass is 10.2. The molecule has 1 heterocycles. The van der Waals surface area contributed by atoms with Crippen molar-refractivity contribution in [1.29, 1.82) is 0 Å². The molecule has 1 fully saturated rings. The summed E-state index contributed by atoms with van der Waals surface area (Å²) in [5.41, 5.74) is 3.56. The maximum atomic E-state index is 12.3. The summed E-state index contributed by atoms with van der Waals surface area (Å²) in [6.45, 7) is 8.01. The van der Waals surface area contributed by atoms with Gasteiger partial charge in [0.15, 0.2) is 0 Å². The van der Waals surface area contributed by atoms with Crippen molar-refractivity contribution in [2.24, 2.45) is 0 Å². The fourth-order valence-electron chi connectivity index (χ4n) is 2.85. The van der Waals surface area contributed by atoms with E-state index in [1.165, 1.54) is 11.3 Å². The molecule has 0 radical (unpaired) electrons. The van der Waals surface area contributed by atoms with Gasteiger partial charge in [-0.3, -0.25) is 4.79 Å². The summed E-state index contributed by atoms with van der Waals surface area (Å²) in [5, 5.41) is 2.92. The van der Waals surface area contributed by atoms with Crippen molar-refractivity contribution in [2.45, 2.75) is 30.5 Å². The zero-order valence-electron chi connectivity index (χ0n) is 15.4. The van der Waals surface area contributed by atoms with Crippen LogP contribution in [-0.2, 0) is 16.1 Å². The molecule has 5 heteroatoms. The molecule has 0 bridgehead atoms. The number of morpholine rings is 1. The molecular formula is C21H26N2O2S. The molecule has 0 spiro atoms. The molecule has 1 saturated heterocycles. The minimum absolute atomic E-state index is 0.0628. The molecule has 3 rings (SSSR count). The predicted octanol–water partition coefficient (Wildman–Crippen LogP) is 3.63. The number of thioether (sulfide) groups is 1. The Morgan fingerprint density at radius 1 is 1.12 bits per heavy atom. The molecule has 26 heavy (non-hydrogen) atoms. The predicted molar refractivity (Wildman–Crippen MR) is 108 cm³/mol. The van der Waals surface area contributed by atoms with Crippen molar-refractivity contribution < 1.29 is 9.53 Å². The van der Waals surface area contributed by atoms with Crippen LogP contribution in [0.5, 0.6) is 0 Å². The third kappa shape index (κ3) is 5.26. The molecular weight excluding hydrogens is 344 g/mol. The molecule has 138 valence electrons. The number of anilines is 1. The maximum Gasteiger partial charge on any atom is 0.233 e. The number of carbonyl (C=O) groups is 1. The Kier molecular flexibility index (Phi) is 6.58. The lowest BCUT2D eigenvalue weighted by molar-refractivity contribution is -0.120. The third-order valence-corrected chi connectivity index (χ3v) is 5.59. The first-order valence-corrected chi connectivity index (χ1v) is 9.92. The minimum atomic E-state index is -0.120. The molecule has 0 aliphatic carbocycles. The number of rotatable bonds is 6. The monoisotopic (exact) mass is 370 g/mol. The summed E-state index contributed by atoms with van der Waals surface area (Å²) in [4.78, 5) is 15.8. The molecule has 2 aromatic carbocycles. The lowest BCUT2D eigenvalue weighted by Crippen LogP contribution is -2.36. The Morgan fingerprint density at radius 3 is 2.42 bits per heavy atom. The first kappa shape index (κ1) is 18.8. The molecule has 4 nitrogen and oxygen atoms in total. The molecule has 0 aromatic heterocycles. The normalized spacial score (nSPS) is 15.5. The zero-order chi connectivity index (χ0) is 18.4. The van der Waals surface area contributed by atoms with E-state index in [9.17, 15) is 4.79 Å². The minimum Gasteiger partial charge on any atom is -0.378 e. The number of aryl methyl sites for hydroxylation is 1. The Balaban J connectivity index is 1.48. The molecule has 1 atom stereocenters. The number of nitrogens with zero attached hydrogens (tertiary/aromatic N) is 1. The van der Waals surface area contributed by atoms with Crippen molar-refractivity contribution >= 4 is 23.4 Å². The number of benzene rings is 2. The average Bonchev–Trinajstić information content (AvgIpc) is 2.69. The van der Waals surface area contributed by atoms with Gasteiger partial charge in [0.1, 0.15) is 0 Å². The van der Waals surface area contributed by atoms with Crippen LogP contribution in [0.4, 0.5) is 5.69 Å². The van der Waals surface area contributed by atoms with Gasteiger partial charge in [-0.25, -0.2) is 0 Å². The van der Waals surface area contributed by atoms with Crippen molar-refractivity contribution in [3.05, 3.63) is 59.7 Å². The van der Waals surface area contributed by atoms with Gasteiger partial charge >= 0.3 is 0 Å². The summed E-state index contributed by atoms with van der Waals surface area (Å²) in [6, 6.07) is 16.7. The Bertz CT molecular complexity index is 710. The number of carbonyl (C=O) groups excluding carboxylic acids is 1. The number of hydrogen-bond acceptors (Lipinski definition) is 4. The van der Waals surface area contributed by atoms with Crippen molar-refractivity contribution in [2.75, 3.05) is 31.2 Å². The van der Waals surface area contributed by atoms with Gasteiger partial charge in [0, 0.05) is 30.2 Å². The van der Waals surface area contributed by atoms with Crippen molar-refractivity contribution in [1.82, 2.24) is 5.32 Å². The van der Waals surface area contributed by atoms with Gasteiger partial charge in [-0.05, 0) is 43.7 Å². The van der Waals surface area contributed by atoms with E-state index in [0.29, 0.717) is 6.54 Å². The van der Waals surface area contributed by atoms with Crippen LogP contribution in [0.1, 0.15) is 18.1 Å². The van der Waals surface area contributed by atoms with E-state index < -0.39 is 0 Å². The second-order valence-electron chi connectivity index (χ2n) is 6.56. The van der Waals surface area contributed by atoms with Gasteiger partial charge in [0.2, 0.25) is 5.91 Å². The Hall–Kier alpha value is -1.98. The third-order valence-electron chi connectivity index (χ3n) is 4.48. The Morgan fingerprint density at radius 2 is 1.77 bits per heavy atom. The summed E-state index contributed by atoms with van der Waals surface area (Å²) in [5.74, 6) is 0.0628. The average molecular weight is 371 g/mol. The molecule has 1 amide bonds. The van der Waals surface area contributed by atoms with Crippen LogP contribution in [0.25, 0.3) is 0 Å². The maximum absolute atomic E-state index is 12.3. The van der Waals surface area contributed by atoms with Gasteiger partial charge in [0.05, 0.1) is 18.5 Å². The quantitative estimate of drug-likeness (QED) is 0.789. The zero-order valence-corrected chi connectivity index (χ0v) is 16.2. The van der Waals surface area contributed by atoms with E-state index in [2.05, 4.69) is 65.7 Å². The van der Waals surface area contributed by atoms with Gasteiger partial charge < -0.3 is 15.0 Å². The second kappa shape index (κ2) is 9.10. The molecule has 1 N–H and O–H groups in total. The number of ether oxygens (including phenoxy) is 1. The fraction of sp³-hybridized carbons (Fsp3) is 0.381. The lowest BCUT2D eigenvalue weighted by Gasteiger charge is -2.28. The summed E-state index contributed by atoms with van der Waals surface area (Å²) < 4.78 is 5.39. The molecule has 2 aromatic rings. The van der Waals surface area contributed by atoms with Crippen LogP contribution in [-0.4, -0.2) is 37.5 Å². The largest absolute Gasteiger partial charge is 0.378 e. The van der Waals surface area contributed by atoms with Crippen molar-refractivity contribution in [3.8, 4) is 0 Å². The fourth-order valence-corrected chi connectivity index (χ4v) is 3.75. The number of hydrogen-bond donors (Lipinski definition) is 1. The van der Waals surface area contributed by atoms with Crippen molar-refractivity contribution in [3.63, 3.8) is 0 Å². The van der Waals surface area contributed by atoms with E-state index in [0.717, 1.165) is 36.8 Å². The van der Waals surface area contributed by atoms with E-state index in [1.807, 2.05) is 6.92 Å². The highest BCUT2D eigenvalue weighted by Crippen LogP contribution is 2.23.